The average molecular weight is 362 g/mol. The summed E-state index contributed by atoms with van der Waals surface area (Å²) >= 11 is 0. The fourth-order valence-electron chi connectivity index (χ4n) is 2.79. The van der Waals surface area contributed by atoms with Crippen LogP contribution in [-0.4, -0.2) is 58.1 Å². The van der Waals surface area contributed by atoms with Gasteiger partial charge < -0.3 is 5.32 Å². The van der Waals surface area contributed by atoms with Gasteiger partial charge in [0.05, 0.1) is 11.2 Å². The number of sulfonamides is 1. The molecule has 2 N–H and O–H groups in total. The molecule has 2 unspecified atom stereocenters. The SMILES string of the molecule is CS(=O)(=O)N1CC2CNCC2C1.Cc1ccc(S(=O)(=O)O)cc1. The highest BCUT2D eigenvalue weighted by molar-refractivity contribution is 7.88. The van der Waals surface area contributed by atoms with Crippen LogP contribution in [0.4, 0.5) is 0 Å². The smallest absolute Gasteiger partial charge is 0.294 e. The van der Waals surface area contributed by atoms with Crippen LogP contribution in [0.2, 0.25) is 0 Å². The third-order valence-corrected chi connectivity index (χ3v) is 6.25. The molecule has 23 heavy (non-hydrogen) atoms. The van der Waals surface area contributed by atoms with Crippen LogP contribution in [0.3, 0.4) is 0 Å². The molecule has 2 aliphatic heterocycles. The lowest BCUT2D eigenvalue weighted by Gasteiger charge is -2.13. The number of nitrogens with zero attached hydrogens (tertiary/aromatic N) is 1. The topological polar surface area (TPSA) is 104 Å². The highest BCUT2D eigenvalue weighted by Crippen LogP contribution is 2.27. The van der Waals surface area contributed by atoms with Gasteiger partial charge in [-0.15, -0.1) is 0 Å². The molecule has 2 aliphatic rings. The van der Waals surface area contributed by atoms with Gasteiger partial charge in [-0.2, -0.15) is 8.42 Å². The van der Waals surface area contributed by atoms with Gasteiger partial charge >= 0.3 is 0 Å². The van der Waals surface area contributed by atoms with E-state index in [-0.39, 0.29) is 4.90 Å². The quantitative estimate of drug-likeness (QED) is 0.735. The normalized spacial score (nSPS) is 24.8. The van der Waals surface area contributed by atoms with E-state index in [1.807, 2.05) is 6.92 Å². The third kappa shape index (κ3) is 4.98. The molecule has 0 amide bonds. The fraction of sp³-hybridized carbons (Fsp3) is 0.571. The van der Waals surface area contributed by atoms with Crippen molar-refractivity contribution in [3.05, 3.63) is 29.8 Å². The van der Waals surface area contributed by atoms with E-state index in [1.54, 1.807) is 16.4 Å². The van der Waals surface area contributed by atoms with E-state index in [0.717, 1.165) is 31.7 Å². The van der Waals surface area contributed by atoms with E-state index >= 15 is 0 Å². The molecule has 0 bridgehead atoms. The summed E-state index contributed by atoms with van der Waals surface area (Å²) in [4.78, 5) is -0.0666. The number of aryl methyl sites for hydroxylation is 1. The minimum atomic E-state index is -4.02. The summed E-state index contributed by atoms with van der Waals surface area (Å²) < 4.78 is 53.5. The first-order valence-electron chi connectivity index (χ1n) is 7.27. The van der Waals surface area contributed by atoms with Crippen molar-refractivity contribution in [1.82, 2.24) is 9.62 Å². The summed E-state index contributed by atoms with van der Waals surface area (Å²) in [6, 6.07) is 5.99. The van der Waals surface area contributed by atoms with Crippen molar-refractivity contribution in [3.63, 3.8) is 0 Å². The molecule has 2 heterocycles. The maximum absolute atomic E-state index is 11.2. The summed E-state index contributed by atoms with van der Waals surface area (Å²) in [6.45, 7) is 5.24. The summed E-state index contributed by atoms with van der Waals surface area (Å²) in [7, 11) is -6.96. The van der Waals surface area contributed by atoms with Gasteiger partial charge in [0.2, 0.25) is 10.0 Å². The molecule has 3 rings (SSSR count). The van der Waals surface area contributed by atoms with Crippen molar-refractivity contribution in [2.45, 2.75) is 11.8 Å². The predicted octanol–water partition coefficient (Wildman–Crippen LogP) is 0.339. The molecule has 130 valence electrons. The summed E-state index contributed by atoms with van der Waals surface area (Å²) in [5.41, 5.74) is 0.956. The van der Waals surface area contributed by atoms with Crippen molar-refractivity contribution >= 4 is 20.1 Å². The van der Waals surface area contributed by atoms with Crippen LogP contribution in [0.25, 0.3) is 0 Å². The van der Waals surface area contributed by atoms with Crippen molar-refractivity contribution in [2.75, 3.05) is 32.4 Å². The zero-order chi connectivity index (χ0) is 17.3. The van der Waals surface area contributed by atoms with E-state index in [1.165, 1.54) is 18.4 Å². The molecule has 2 atom stereocenters. The number of benzene rings is 1. The standard InChI is InChI=1S/C7H14N2O2S.C7H8O3S/c1-12(10,11)9-4-6-2-8-3-7(6)5-9;1-6-2-4-7(5-3-6)11(8,9)10/h6-8H,2-5H2,1H3;2-5H,1H3,(H,8,9,10). The Balaban J connectivity index is 0.000000168. The number of hydrogen-bond donors (Lipinski definition) is 2. The van der Waals surface area contributed by atoms with Gasteiger partial charge in [0, 0.05) is 13.1 Å². The maximum Gasteiger partial charge on any atom is 0.294 e. The van der Waals surface area contributed by atoms with Crippen molar-refractivity contribution in [2.24, 2.45) is 11.8 Å². The lowest BCUT2D eigenvalue weighted by molar-refractivity contribution is 0.452. The lowest BCUT2D eigenvalue weighted by Crippen LogP contribution is -2.30. The van der Waals surface area contributed by atoms with Gasteiger partial charge in [-0.05, 0) is 44.0 Å². The van der Waals surface area contributed by atoms with E-state index in [4.69, 9.17) is 4.55 Å². The molecule has 9 heteroatoms. The van der Waals surface area contributed by atoms with Crippen molar-refractivity contribution in [3.8, 4) is 0 Å². The molecule has 0 saturated carbocycles. The second-order valence-corrected chi connectivity index (χ2v) is 9.45. The Morgan fingerprint density at radius 1 is 1.04 bits per heavy atom. The van der Waals surface area contributed by atoms with Crippen LogP contribution in [0.5, 0.6) is 0 Å². The van der Waals surface area contributed by atoms with Crippen molar-refractivity contribution < 1.29 is 21.4 Å². The molecular weight excluding hydrogens is 340 g/mol. The molecule has 2 fully saturated rings. The maximum atomic E-state index is 11.2. The van der Waals surface area contributed by atoms with Gasteiger partial charge in [-0.1, -0.05) is 17.7 Å². The number of fused-ring (bicyclic) bond motifs is 1. The van der Waals surface area contributed by atoms with Gasteiger partial charge in [0.25, 0.3) is 10.1 Å². The molecular formula is C14H22N2O5S2. The summed E-state index contributed by atoms with van der Waals surface area (Å²) in [5.74, 6) is 1.11. The van der Waals surface area contributed by atoms with Gasteiger partial charge in [-0.3, -0.25) is 4.55 Å². The second-order valence-electron chi connectivity index (χ2n) is 6.05. The van der Waals surface area contributed by atoms with Gasteiger partial charge in [0.15, 0.2) is 0 Å². The monoisotopic (exact) mass is 362 g/mol. The summed E-state index contributed by atoms with van der Waals surface area (Å²) in [5, 5.41) is 3.27. The third-order valence-electron chi connectivity index (χ3n) is 4.14. The minimum absolute atomic E-state index is 0.0666. The molecule has 0 aromatic heterocycles. The highest BCUT2D eigenvalue weighted by atomic mass is 32.2. The number of hydrogen-bond acceptors (Lipinski definition) is 5. The van der Waals surface area contributed by atoms with Gasteiger partial charge in [-0.25, -0.2) is 12.7 Å². The zero-order valence-electron chi connectivity index (χ0n) is 13.1. The van der Waals surface area contributed by atoms with Crippen LogP contribution in [0.15, 0.2) is 29.2 Å². The van der Waals surface area contributed by atoms with Crippen molar-refractivity contribution in [1.29, 1.82) is 0 Å². The largest absolute Gasteiger partial charge is 0.316 e. The van der Waals surface area contributed by atoms with Crippen LogP contribution < -0.4 is 5.32 Å². The summed E-state index contributed by atoms with van der Waals surface area (Å²) in [6.07, 6.45) is 1.29. The van der Waals surface area contributed by atoms with E-state index in [9.17, 15) is 16.8 Å². The Morgan fingerprint density at radius 3 is 1.91 bits per heavy atom. The lowest BCUT2D eigenvalue weighted by atomic mass is 10.0. The number of nitrogens with one attached hydrogen (secondary N) is 1. The molecule has 7 nitrogen and oxygen atoms in total. The number of rotatable bonds is 2. The molecule has 0 radical (unpaired) electrons. The zero-order valence-corrected chi connectivity index (χ0v) is 14.8. The van der Waals surface area contributed by atoms with Crippen LogP contribution in [0, 0.1) is 18.8 Å². The first-order valence-corrected chi connectivity index (χ1v) is 10.6. The minimum Gasteiger partial charge on any atom is -0.316 e. The Bertz CT molecular complexity index is 732. The van der Waals surface area contributed by atoms with Crippen LogP contribution in [0.1, 0.15) is 5.56 Å². The molecule has 1 aromatic rings. The molecule has 2 saturated heterocycles. The Labute approximate surface area is 137 Å². The first-order chi connectivity index (χ1) is 10.6. The highest BCUT2D eigenvalue weighted by Gasteiger charge is 2.39. The van der Waals surface area contributed by atoms with Crippen LogP contribution in [-0.2, 0) is 20.1 Å². The Hall–Kier alpha value is -1.00. The second kappa shape index (κ2) is 6.86. The fourth-order valence-corrected chi connectivity index (χ4v) is 4.20. The molecule has 1 aromatic carbocycles. The van der Waals surface area contributed by atoms with E-state index < -0.39 is 20.1 Å². The molecule has 0 aliphatic carbocycles. The van der Waals surface area contributed by atoms with E-state index in [2.05, 4.69) is 5.32 Å². The average Bonchev–Trinajstić information content (AvgIpc) is 2.98. The van der Waals surface area contributed by atoms with Gasteiger partial charge in [0.1, 0.15) is 0 Å². The first kappa shape index (κ1) is 18.3. The van der Waals surface area contributed by atoms with E-state index in [0.29, 0.717) is 11.8 Å². The Morgan fingerprint density at radius 2 is 1.52 bits per heavy atom. The Kier molecular flexibility index (Phi) is 5.47. The van der Waals surface area contributed by atoms with Crippen LogP contribution >= 0.6 is 0 Å². The molecule has 0 spiro atoms. The predicted molar refractivity (Wildman–Crippen MR) is 87.3 cm³/mol.